The Morgan fingerprint density at radius 2 is 0.722 bits per heavy atom. The van der Waals surface area contributed by atoms with Crippen LogP contribution in [0.5, 0.6) is 11.5 Å². The second-order valence-corrected chi connectivity index (χ2v) is 17.8. The van der Waals surface area contributed by atoms with Crippen molar-refractivity contribution in [2.45, 2.75) is 139 Å². The van der Waals surface area contributed by atoms with E-state index in [1.807, 2.05) is 23.5 Å². The summed E-state index contributed by atoms with van der Waals surface area (Å²) in [6, 6.07) is 8.73. The quantitative estimate of drug-likeness (QED) is 0.298. The van der Waals surface area contributed by atoms with E-state index in [0.717, 1.165) is 28.7 Å². The molecule has 0 heterocycles. The average molecular weight is 531 g/mol. The molecule has 36 heavy (non-hydrogen) atoms. The minimum absolute atomic E-state index is 0.122. The highest BCUT2D eigenvalue weighted by Gasteiger charge is 2.32. The lowest BCUT2D eigenvalue weighted by atomic mass is 9.79. The van der Waals surface area contributed by atoms with E-state index in [4.69, 9.17) is 0 Å². The molecule has 0 saturated heterocycles. The summed E-state index contributed by atoms with van der Waals surface area (Å²) in [6.45, 7) is 30.5. The van der Waals surface area contributed by atoms with Crippen LogP contribution in [0.25, 0.3) is 0 Å². The second-order valence-electron chi connectivity index (χ2n) is 14.4. The van der Waals surface area contributed by atoms with Gasteiger partial charge < -0.3 is 10.2 Å². The maximum absolute atomic E-state index is 11.2. The number of hydrogen-bond donors (Lipinski definition) is 2. The summed E-state index contributed by atoms with van der Waals surface area (Å²) in [5.41, 5.74) is 3.36. The monoisotopic (exact) mass is 530 g/mol. The first-order valence-electron chi connectivity index (χ1n) is 13.1. The molecule has 0 atom stereocenters. The molecule has 0 saturated carbocycles. The SMILES string of the molecule is CCC(C)(Sc1cc(C(C)(C)C)c(O)c(C(C)(C)C)c1)Sc1cc(C(C)(C)C)c(O)c(C(C)(C)C)c1. The molecule has 2 N–H and O–H groups in total. The smallest absolute Gasteiger partial charge is 0.123 e. The van der Waals surface area contributed by atoms with Gasteiger partial charge in [0.25, 0.3) is 0 Å². The van der Waals surface area contributed by atoms with Gasteiger partial charge in [0.15, 0.2) is 0 Å². The molecule has 0 radical (unpaired) electrons. The number of phenols is 2. The maximum Gasteiger partial charge on any atom is 0.123 e. The minimum Gasteiger partial charge on any atom is -0.507 e. The highest BCUT2D eigenvalue weighted by Crippen LogP contribution is 2.52. The molecule has 0 aromatic heterocycles. The van der Waals surface area contributed by atoms with Crippen LogP contribution in [0.15, 0.2) is 34.1 Å². The first-order valence-corrected chi connectivity index (χ1v) is 14.8. The van der Waals surface area contributed by atoms with E-state index in [1.54, 1.807) is 0 Å². The zero-order valence-corrected chi connectivity index (χ0v) is 26.9. The van der Waals surface area contributed by atoms with Crippen molar-refractivity contribution in [1.82, 2.24) is 0 Å². The fraction of sp³-hybridized carbons (Fsp3) is 0.625. The van der Waals surface area contributed by atoms with Crippen molar-refractivity contribution >= 4 is 23.5 Å². The fourth-order valence-electron chi connectivity index (χ4n) is 4.28. The van der Waals surface area contributed by atoms with Gasteiger partial charge in [0, 0.05) is 32.0 Å². The number of thioether (sulfide) groups is 2. The van der Waals surface area contributed by atoms with E-state index in [0.29, 0.717) is 11.5 Å². The van der Waals surface area contributed by atoms with Crippen molar-refractivity contribution in [3.8, 4) is 11.5 Å². The van der Waals surface area contributed by atoms with Crippen LogP contribution in [0.4, 0.5) is 0 Å². The molecule has 202 valence electrons. The molecule has 0 bridgehead atoms. The highest BCUT2D eigenvalue weighted by molar-refractivity contribution is 8.18. The van der Waals surface area contributed by atoms with Crippen LogP contribution >= 0.6 is 23.5 Å². The lowest BCUT2D eigenvalue weighted by Gasteiger charge is -2.33. The summed E-state index contributed by atoms with van der Waals surface area (Å²) in [5.74, 6) is 0.849. The number of benzene rings is 2. The Hall–Kier alpha value is -1.26. The molecule has 0 unspecified atom stereocenters. The van der Waals surface area contributed by atoms with Gasteiger partial charge in [-0.05, 0) is 59.3 Å². The van der Waals surface area contributed by atoms with Gasteiger partial charge in [0.1, 0.15) is 11.5 Å². The van der Waals surface area contributed by atoms with Crippen LogP contribution in [0.2, 0.25) is 0 Å². The van der Waals surface area contributed by atoms with Crippen molar-refractivity contribution in [2.75, 3.05) is 0 Å². The average Bonchev–Trinajstić information content (AvgIpc) is 2.67. The van der Waals surface area contributed by atoms with Crippen molar-refractivity contribution in [3.63, 3.8) is 0 Å². The van der Waals surface area contributed by atoms with Gasteiger partial charge >= 0.3 is 0 Å². The molecule has 2 nitrogen and oxygen atoms in total. The van der Waals surface area contributed by atoms with Crippen LogP contribution in [-0.4, -0.2) is 14.3 Å². The molecule has 0 spiro atoms. The van der Waals surface area contributed by atoms with Crippen molar-refractivity contribution in [3.05, 3.63) is 46.5 Å². The molecule has 0 aliphatic rings. The third-order valence-electron chi connectivity index (χ3n) is 6.71. The molecule has 0 amide bonds. The van der Waals surface area contributed by atoms with E-state index < -0.39 is 0 Å². The highest BCUT2D eigenvalue weighted by atomic mass is 32.2. The standard InChI is InChI=1S/C32H50O2S2/c1-15-32(14,35-20-16-22(28(2,3)4)26(33)23(17-20)29(5,6)7)36-21-18-24(30(8,9)10)27(34)25(19-21)31(11,12)13/h16-19,33-34H,15H2,1-14H3. The predicted molar refractivity (Wildman–Crippen MR) is 161 cm³/mol. The summed E-state index contributed by atoms with van der Waals surface area (Å²) in [5, 5.41) is 22.4. The second kappa shape index (κ2) is 10.1. The van der Waals surface area contributed by atoms with Crippen LogP contribution in [0.3, 0.4) is 0 Å². The third-order valence-corrected chi connectivity index (χ3v) is 9.59. The first kappa shape index (κ1) is 31.0. The third kappa shape index (κ3) is 7.19. The largest absolute Gasteiger partial charge is 0.507 e. The van der Waals surface area contributed by atoms with Crippen LogP contribution in [0.1, 0.15) is 126 Å². The Morgan fingerprint density at radius 1 is 0.500 bits per heavy atom. The summed E-state index contributed by atoms with van der Waals surface area (Å²) in [6.07, 6.45) is 0.968. The van der Waals surface area contributed by atoms with Crippen molar-refractivity contribution in [1.29, 1.82) is 0 Å². The number of rotatable bonds is 5. The topological polar surface area (TPSA) is 40.5 Å². The predicted octanol–water partition coefficient (Wildman–Crippen LogP) is 10.3. The molecular weight excluding hydrogens is 480 g/mol. The van der Waals surface area contributed by atoms with Crippen molar-refractivity contribution in [2.24, 2.45) is 0 Å². The van der Waals surface area contributed by atoms with Gasteiger partial charge in [-0.15, -0.1) is 23.5 Å². The van der Waals surface area contributed by atoms with Crippen molar-refractivity contribution < 1.29 is 10.2 Å². The van der Waals surface area contributed by atoms with Gasteiger partial charge in [-0.3, -0.25) is 0 Å². The minimum atomic E-state index is -0.156. The molecular formula is C32H50O2S2. The van der Waals surface area contributed by atoms with Gasteiger partial charge in [0.2, 0.25) is 0 Å². The first-order chi connectivity index (χ1) is 16.0. The van der Waals surface area contributed by atoms with Gasteiger partial charge in [-0.25, -0.2) is 0 Å². The van der Waals surface area contributed by atoms with E-state index in [9.17, 15) is 10.2 Å². The molecule has 2 aromatic rings. The Balaban J connectivity index is 2.63. The van der Waals surface area contributed by atoms with E-state index >= 15 is 0 Å². The molecule has 2 aromatic carbocycles. The summed E-state index contributed by atoms with van der Waals surface area (Å²) >= 11 is 3.75. The van der Waals surface area contributed by atoms with E-state index in [1.165, 1.54) is 9.79 Å². The molecule has 0 aliphatic heterocycles. The Labute approximate surface area is 230 Å². The zero-order chi connectivity index (χ0) is 28.1. The molecule has 0 aliphatic carbocycles. The summed E-state index contributed by atoms with van der Waals surface area (Å²) < 4.78 is -0.122. The molecule has 2 rings (SSSR count). The van der Waals surface area contributed by atoms with Crippen LogP contribution < -0.4 is 0 Å². The molecule has 4 heteroatoms. The number of aromatic hydroxyl groups is 2. The lowest BCUT2D eigenvalue weighted by molar-refractivity contribution is 0.421. The van der Waals surface area contributed by atoms with Crippen LogP contribution in [-0.2, 0) is 21.7 Å². The Kier molecular flexibility index (Phi) is 8.72. The molecule has 0 fully saturated rings. The zero-order valence-electron chi connectivity index (χ0n) is 25.2. The number of hydrogen-bond acceptors (Lipinski definition) is 4. The lowest BCUT2D eigenvalue weighted by Crippen LogP contribution is -2.19. The Morgan fingerprint density at radius 3 is 0.889 bits per heavy atom. The Bertz CT molecular complexity index is 934. The summed E-state index contributed by atoms with van der Waals surface area (Å²) in [7, 11) is 0. The van der Waals surface area contributed by atoms with Gasteiger partial charge in [-0.2, -0.15) is 0 Å². The normalized spacial score (nSPS) is 13.8. The summed E-state index contributed by atoms with van der Waals surface area (Å²) in [4.78, 5) is 2.37. The maximum atomic E-state index is 11.2. The number of phenolic OH excluding ortho intramolecular Hbond substituents is 2. The van der Waals surface area contributed by atoms with Gasteiger partial charge in [-0.1, -0.05) is 90.0 Å². The van der Waals surface area contributed by atoms with E-state index in [2.05, 4.69) is 121 Å². The van der Waals surface area contributed by atoms with E-state index in [-0.39, 0.29) is 25.7 Å². The fourth-order valence-corrected chi connectivity index (χ4v) is 7.02. The van der Waals surface area contributed by atoms with Crippen LogP contribution in [0, 0.1) is 0 Å². The van der Waals surface area contributed by atoms with Gasteiger partial charge in [0.05, 0.1) is 4.08 Å².